The smallest absolute Gasteiger partial charge is 0.0569 e. The van der Waals surface area contributed by atoms with Gasteiger partial charge in [-0.05, 0) is 148 Å². The Labute approximate surface area is 324 Å². The lowest BCUT2D eigenvalue weighted by Gasteiger charge is -2.30. The maximum atomic E-state index is 11.1. The van der Waals surface area contributed by atoms with E-state index in [-0.39, 0.29) is 24.0 Å². The van der Waals surface area contributed by atoms with E-state index >= 15 is 0 Å². The maximum Gasteiger partial charge on any atom is 0.0569 e. The van der Waals surface area contributed by atoms with Crippen LogP contribution in [0.1, 0.15) is 80.8 Å². The van der Waals surface area contributed by atoms with Crippen LogP contribution in [-0.2, 0) is 16.2 Å². The Balaban J connectivity index is 1.06. The third-order valence-electron chi connectivity index (χ3n) is 13.3. The summed E-state index contributed by atoms with van der Waals surface area (Å²) in [6, 6.07) is 46.2. The van der Waals surface area contributed by atoms with Crippen molar-refractivity contribution in [3.05, 3.63) is 155 Å². The molecule has 2 heteroatoms. The van der Waals surface area contributed by atoms with Crippen LogP contribution >= 0.6 is 0 Å². The molecule has 1 unspecified atom stereocenters. The fourth-order valence-corrected chi connectivity index (χ4v) is 10.3. The molecule has 0 amide bonds. The number of hydrogen-bond acceptors (Lipinski definition) is 2. The average molecular weight is 717 g/mol. The van der Waals surface area contributed by atoms with E-state index in [0.29, 0.717) is 12.8 Å². The molecule has 0 saturated heterocycles. The number of benzene rings is 8. The first kappa shape index (κ1) is 34.2. The molecule has 10 rings (SSSR count). The van der Waals surface area contributed by atoms with Gasteiger partial charge in [0.2, 0.25) is 0 Å². The van der Waals surface area contributed by atoms with Crippen molar-refractivity contribution in [1.82, 2.24) is 0 Å². The largest absolute Gasteiger partial charge is 0.396 e. The van der Waals surface area contributed by atoms with Crippen LogP contribution in [0, 0.1) is 6.92 Å². The summed E-state index contributed by atoms with van der Waals surface area (Å²) in [5, 5.41) is 28.9. The zero-order valence-corrected chi connectivity index (χ0v) is 32.8. The zero-order valence-electron chi connectivity index (χ0n) is 32.8. The monoisotopic (exact) mass is 716 g/mol. The van der Waals surface area contributed by atoms with Crippen LogP contribution in [-0.4, -0.2) is 23.4 Å². The maximum absolute atomic E-state index is 11.1. The molecule has 2 N–H and O–H groups in total. The number of aliphatic hydroxyl groups is 2. The first-order chi connectivity index (χ1) is 26.4. The quantitative estimate of drug-likeness (QED) is 0.168. The molecule has 2 aliphatic carbocycles. The number of aryl methyl sites for hydroxylation is 1. The third-order valence-corrected chi connectivity index (χ3v) is 13.3. The van der Waals surface area contributed by atoms with Gasteiger partial charge in [-0.15, -0.1) is 0 Å². The molecule has 55 heavy (non-hydrogen) atoms. The Bertz CT molecular complexity index is 2850. The summed E-state index contributed by atoms with van der Waals surface area (Å²) < 4.78 is 0. The molecule has 1 atom stereocenters. The van der Waals surface area contributed by atoms with Gasteiger partial charge in [0.25, 0.3) is 0 Å². The van der Waals surface area contributed by atoms with Crippen LogP contribution in [0.15, 0.2) is 121 Å². The van der Waals surface area contributed by atoms with Gasteiger partial charge in [-0.3, -0.25) is 0 Å². The number of hydrogen-bond donors (Lipinski definition) is 2. The highest BCUT2D eigenvalue weighted by molar-refractivity contribution is 6.25. The van der Waals surface area contributed by atoms with Crippen LogP contribution in [0.25, 0.3) is 76.8 Å². The van der Waals surface area contributed by atoms with Crippen molar-refractivity contribution in [1.29, 1.82) is 0 Å². The second-order valence-electron chi connectivity index (χ2n) is 18.0. The minimum Gasteiger partial charge on any atom is -0.396 e. The van der Waals surface area contributed by atoms with Crippen molar-refractivity contribution in [2.24, 2.45) is 0 Å². The summed E-state index contributed by atoms with van der Waals surface area (Å²) in [6.45, 7) is 13.9. The lowest BCUT2D eigenvalue weighted by atomic mass is 9.74. The van der Waals surface area contributed by atoms with Gasteiger partial charge in [-0.25, -0.2) is 0 Å². The minimum absolute atomic E-state index is 0.0129. The van der Waals surface area contributed by atoms with Crippen LogP contribution in [0.5, 0.6) is 0 Å². The Morgan fingerprint density at radius 3 is 1.65 bits per heavy atom. The topological polar surface area (TPSA) is 40.5 Å². The molecule has 0 aliphatic heterocycles. The Kier molecular flexibility index (Phi) is 7.38. The summed E-state index contributed by atoms with van der Waals surface area (Å²) in [4.78, 5) is 0. The highest BCUT2D eigenvalue weighted by Crippen LogP contribution is 2.54. The lowest BCUT2D eigenvalue weighted by molar-refractivity contribution is 0.197. The zero-order chi connectivity index (χ0) is 38.0. The van der Waals surface area contributed by atoms with Crippen molar-refractivity contribution in [3.8, 4) is 44.5 Å². The second kappa shape index (κ2) is 11.9. The van der Waals surface area contributed by atoms with Gasteiger partial charge in [0.15, 0.2) is 0 Å². The Morgan fingerprint density at radius 1 is 0.509 bits per heavy atom. The van der Waals surface area contributed by atoms with E-state index in [9.17, 15) is 10.2 Å². The predicted octanol–water partition coefficient (Wildman–Crippen LogP) is 12.9. The van der Waals surface area contributed by atoms with Crippen molar-refractivity contribution in [2.45, 2.75) is 70.6 Å². The molecule has 8 aromatic carbocycles. The predicted molar refractivity (Wildman–Crippen MR) is 232 cm³/mol. The molecule has 2 aliphatic rings. The molecule has 0 aromatic heterocycles. The molecule has 0 heterocycles. The molecule has 0 fully saturated rings. The van der Waals surface area contributed by atoms with Gasteiger partial charge in [-0.2, -0.15) is 0 Å². The summed E-state index contributed by atoms with van der Waals surface area (Å²) in [7, 11) is 0. The van der Waals surface area contributed by atoms with E-state index in [2.05, 4.69) is 163 Å². The van der Waals surface area contributed by atoms with Crippen molar-refractivity contribution < 1.29 is 10.2 Å². The van der Waals surface area contributed by atoms with Crippen LogP contribution in [0.4, 0.5) is 0 Å². The normalized spacial score (nSPS) is 16.9. The van der Waals surface area contributed by atoms with E-state index in [1.165, 1.54) is 99.1 Å². The summed E-state index contributed by atoms with van der Waals surface area (Å²) in [6.07, 6.45) is 1.34. The number of aliphatic hydroxyl groups excluding tert-OH is 2. The fraction of sp³-hybridized carbons (Fsp3) is 0.245. The van der Waals surface area contributed by atoms with Crippen LogP contribution < -0.4 is 0 Å². The third kappa shape index (κ3) is 4.87. The molecule has 272 valence electrons. The number of rotatable bonds is 6. The van der Waals surface area contributed by atoms with Crippen LogP contribution in [0.3, 0.4) is 0 Å². The number of fused-ring (bicyclic) bond motifs is 6. The lowest BCUT2D eigenvalue weighted by Crippen LogP contribution is -2.30. The molecular weight excluding hydrogens is 669 g/mol. The molecular formula is C53H48O2. The molecule has 0 radical (unpaired) electrons. The molecule has 0 bridgehead atoms. The molecule has 2 nitrogen and oxygen atoms in total. The first-order valence-corrected chi connectivity index (χ1v) is 19.9. The summed E-state index contributed by atoms with van der Waals surface area (Å²) >= 11 is 0. The highest BCUT2D eigenvalue weighted by atomic mass is 16.3. The van der Waals surface area contributed by atoms with Gasteiger partial charge in [-0.1, -0.05) is 143 Å². The van der Waals surface area contributed by atoms with Gasteiger partial charge >= 0.3 is 0 Å². The van der Waals surface area contributed by atoms with Crippen molar-refractivity contribution in [2.75, 3.05) is 13.2 Å². The second-order valence-corrected chi connectivity index (χ2v) is 18.0. The van der Waals surface area contributed by atoms with Gasteiger partial charge < -0.3 is 10.2 Å². The van der Waals surface area contributed by atoms with Crippen molar-refractivity contribution in [3.63, 3.8) is 0 Å². The standard InChI is InChI=1S/C53H48O2/c1-31-8-16-42-43-19-13-34(28-48(43)53(30-55,22-7-23-54)47(42)24-31)33-12-18-40-41-20-14-35(29-46(41)52(5,6)45(40)27-33)39-17-11-32-9-10-36-25-38(51(2,3)4)26-37-15-21-44(39)50(32)49(36)37/h8-21,24-29,54-55H,7,22-23,30H2,1-6H3. The van der Waals surface area contributed by atoms with Gasteiger partial charge in [0.05, 0.1) is 6.61 Å². The minimum atomic E-state index is -0.529. The average Bonchev–Trinajstić information content (AvgIpc) is 3.58. The van der Waals surface area contributed by atoms with E-state index in [1.807, 2.05) is 0 Å². The highest BCUT2D eigenvalue weighted by Gasteiger charge is 2.43. The van der Waals surface area contributed by atoms with Crippen molar-refractivity contribution >= 4 is 32.3 Å². The Hall–Kier alpha value is -5.28. The van der Waals surface area contributed by atoms with E-state index in [0.717, 1.165) is 11.1 Å². The molecule has 0 saturated carbocycles. The van der Waals surface area contributed by atoms with Gasteiger partial charge in [0.1, 0.15) is 0 Å². The Morgan fingerprint density at radius 2 is 1.02 bits per heavy atom. The molecule has 8 aromatic rings. The summed E-state index contributed by atoms with van der Waals surface area (Å²) in [5.41, 5.74) is 16.8. The SMILES string of the molecule is Cc1ccc2c(c1)C(CO)(CCCO)c1cc(-c3ccc4c(c3)C(C)(C)c3cc(-c5ccc6ccc7cc(C(C)(C)C)cc8ccc5c6c78)ccc3-4)ccc1-2. The first-order valence-electron chi connectivity index (χ1n) is 19.9. The van der Waals surface area contributed by atoms with Gasteiger partial charge in [0, 0.05) is 17.4 Å². The fourth-order valence-electron chi connectivity index (χ4n) is 10.3. The van der Waals surface area contributed by atoms with E-state index < -0.39 is 5.41 Å². The van der Waals surface area contributed by atoms with Crippen LogP contribution in [0.2, 0.25) is 0 Å². The molecule has 0 spiro atoms. The van der Waals surface area contributed by atoms with E-state index in [4.69, 9.17) is 0 Å². The van der Waals surface area contributed by atoms with E-state index in [1.54, 1.807) is 0 Å². The summed E-state index contributed by atoms with van der Waals surface area (Å²) in [5.74, 6) is 0.